The van der Waals surface area contributed by atoms with Crippen molar-refractivity contribution in [3.63, 3.8) is 0 Å². The summed E-state index contributed by atoms with van der Waals surface area (Å²) in [4.78, 5) is 45.2. The van der Waals surface area contributed by atoms with Crippen molar-refractivity contribution in [2.45, 2.75) is 12.6 Å². The Morgan fingerprint density at radius 1 is 0.962 bits per heavy atom. The van der Waals surface area contributed by atoms with Gasteiger partial charge in [0.2, 0.25) is 0 Å². The number of carbonyl (C=O) groups excluding carboxylic acids is 4. The van der Waals surface area contributed by atoms with Crippen LogP contribution in [0.1, 0.15) is 0 Å². The quantitative estimate of drug-likeness (QED) is 0.310. The number of rotatable bonds is 9. The summed E-state index contributed by atoms with van der Waals surface area (Å²) < 4.78 is 20.1. The molecule has 11 nitrogen and oxygen atoms in total. The summed E-state index contributed by atoms with van der Waals surface area (Å²) in [5.41, 5.74) is 0. The van der Waals surface area contributed by atoms with Crippen molar-refractivity contribution in [1.29, 1.82) is 0 Å². The van der Waals surface area contributed by atoms with Crippen LogP contribution in [0.4, 0.5) is 0 Å². The Labute approximate surface area is 148 Å². The van der Waals surface area contributed by atoms with Crippen molar-refractivity contribution in [2.24, 2.45) is 0 Å². The largest absolute Gasteiger partial charge is 0.466 e. The van der Waals surface area contributed by atoms with Crippen LogP contribution in [0.5, 0.6) is 0 Å². The number of ether oxygens (including phenoxy) is 4. The molecule has 1 atom stereocenters. The third kappa shape index (κ3) is 8.38. The molecule has 0 aliphatic heterocycles. The highest BCUT2D eigenvalue weighted by atomic mass is 16.6. The van der Waals surface area contributed by atoms with Gasteiger partial charge >= 0.3 is 23.9 Å². The number of hydrogen-bond acceptors (Lipinski definition) is 10. The molecule has 0 N–H and O–H groups in total. The van der Waals surface area contributed by atoms with Crippen LogP contribution in [0.2, 0.25) is 0 Å². The van der Waals surface area contributed by atoms with E-state index in [4.69, 9.17) is 9.47 Å². The van der Waals surface area contributed by atoms with Gasteiger partial charge < -0.3 is 18.9 Å². The highest BCUT2D eigenvalue weighted by Crippen LogP contribution is 2.01. The van der Waals surface area contributed by atoms with Gasteiger partial charge in [-0.2, -0.15) is 0 Å². The van der Waals surface area contributed by atoms with Crippen molar-refractivity contribution < 1.29 is 38.1 Å². The Morgan fingerprint density at radius 3 is 2.08 bits per heavy atom. The predicted molar refractivity (Wildman–Crippen MR) is 83.2 cm³/mol. The SMILES string of the molecule is COC(=O)/C=C/C(=O)OCC(Cn1ccnn1)OC(=O)/C=C/C(=O)OC. The molecule has 0 spiro atoms. The van der Waals surface area contributed by atoms with Gasteiger partial charge in [-0.25, -0.2) is 23.9 Å². The first kappa shape index (κ1) is 20.5. The van der Waals surface area contributed by atoms with E-state index >= 15 is 0 Å². The Hall–Kier alpha value is -3.50. The van der Waals surface area contributed by atoms with Crippen LogP contribution >= 0.6 is 0 Å². The van der Waals surface area contributed by atoms with E-state index in [1.807, 2.05) is 0 Å². The minimum absolute atomic E-state index is 0.0474. The maximum absolute atomic E-state index is 11.7. The zero-order valence-corrected chi connectivity index (χ0v) is 14.1. The first-order chi connectivity index (χ1) is 12.4. The molecule has 1 aromatic rings. The lowest BCUT2D eigenvalue weighted by Gasteiger charge is -2.16. The van der Waals surface area contributed by atoms with Gasteiger partial charge in [-0.1, -0.05) is 5.21 Å². The zero-order valence-electron chi connectivity index (χ0n) is 14.1. The lowest BCUT2D eigenvalue weighted by Crippen LogP contribution is -2.29. The number of nitrogens with zero attached hydrogens (tertiary/aromatic N) is 3. The van der Waals surface area contributed by atoms with E-state index in [0.717, 1.165) is 38.5 Å². The monoisotopic (exact) mass is 367 g/mol. The van der Waals surface area contributed by atoms with Crippen molar-refractivity contribution in [3.05, 3.63) is 36.7 Å². The van der Waals surface area contributed by atoms with E-state index in [-0.39, 0.29) is 13.2 Å². The second-order valence-electron chi connectivity index (χ2n) is 4.53. The molecule has 0 saturated carbocycles. The molecule has 1 aromatic heterocycles. The molecule has 1 unspecified atom stereocenters. The third-order valence-corrected chi connectivity index (χ3v) is 2.67. The summed E-state index contributed by atoms with van der Waals surface area (Å²) in [6.45, 7) is -0.270. The van der Waals surface area contributed by atoms with E-state index < -0.39 is 30.0 Å². The average Bonchev–Trinajstić information content (AvgIpc) is 3.14. The summed E-state index contributed by atoms with van der Waals surface area (Å²) in [7, 11) is 2.32. The van der Waals surface area contributed by atoms with Crippen molar-refractivity contribution in [2.75, 3.05) is 20.8 Å². The Kier molecular flexibility index (Phi) is 8.79. The summed E-state index contributed by atoms with van der Waals surface area (Å²) >= 11 is 0. The maximum Gasteiger partial charge on any atom is 0.331 e. The molecule has 0 bridgehead atoms. The number of methoxy groups -OCH3 is 2. The molecule has 0 aromatic carbocycles. The van der Waals surface area contributed by atoms with Gasteiger partial charge in [-0.15, -0.1) is 5.10 Å². The molecule has 1 rings (SSSR count). The van der Waals surface area contributed by atoms with E-state index in [1.54, 1.807) is 0 Å². The molecular formula is C15H17N3O8. The highest BCUT2D eigenvalue weighted by molar-refractivity contribution is 5.92. The van der Waals surface area contributed by atoms with Crippen LogP contribution in [0, 0.1) is 0 Å². The summed E-state index contributed by atoms with van der Waals surface area (Å²) in [6, 6.07) is 0. The predicted octanol–water partition coefficient (Wildman–Crippen LogP) is -0.808. The molecule has 11 heteroatoms. The fourth-order valence-electron chi connectivity index (χ4n) is 1.50. The van der Waals surface area contributed by atoms with Gasteiger partial charge in [0.05, 0.1) is 27.0 Å². The Bertz CT molecular complexity index is 681. The molecule has 0 fully saturated rings. The van der Waals surface area contributed by atoms with Gasteiger partial charge in [0.1, 0.15) is 6.61 Å². The van der Waals surface area contributed by atoms with Gasteiger partial charge in [0.25, 0.3) is 0 Å². The molecule has 0 saturated heterocycles. The van der Waals surface area contributed by atoms with Gasteiger partial charge in [0.15, 0.2) is 6.10 Å². The second-order valence-corrected chi connectivity index (χ2v) is 4.53. The van der Waals surface area contributed by atoms with Gasteiger partial charge in [0, 0.05) is 30.5 Å². The van der Waals surface area contributed by atoms with Crippen molar-refractivity contribution in [1.82, 2.24) is 15.0 Å². The van der Waals surface area contributed by atoms with Crippen molar-refractivity contribution in [3.8, 4) is 0 Å². The molecule has 0 amide bonds. The van der Waals surface area contributed by atoms with Crippen LogP contribution in [0.15, 0.2) is 36.7 Å². The first-order valence-electron chi connectivity index (χ1n) is 7.18. The Morgan fingerprint density at radius 2 is 1.54 bits per heavy atom. The number of carbonyl (C=O) groups is 4. The highest BCUT2D eigenvalue weighted by Gasteiger charge is 2.17. The van der Waals surface area contributed by atoms with Crippen LogP contribution in [-0.2, 0) is 44.7 Å². The smallest absolute Gasteiger partial charge is 0.331 e. The zero-order chi connectivity index (χ0) is 19.4. The Balaban J connectivity index is 2.64. The van der Waals surface area contributed by atoms with Crippen LogP contribution in [0.3, 0.4) is 0 Å². The fraction of sp³-hybridized carbons (Fsp3) is 0.333. The van der Waals surface area contributed by atoms with Crippen molar-refractivity contribution >= 4 is 23.9 Å². The average molecular weight is 367 g/mol. The minimum atomic E-state index is -0.915. The van der Waals surface area contributed by atoms with E-state index in [9.17, 15) is 19.2 Å². The van der Waals surface area contributed by atoms with E-state index in [2.05, 4.69) is 19.8 Å². The minimum Gasteiger partial charge on any atom is -0.466 e. The van der Waals surface area contributed by atoms with Crippen LogP contribution < -0.4 is 0 Å². The second kappa shape index (κ2) is 11.1. The van der Waals surface area contributed by atoms with E-state index in [0.29, 0.717) is 0 Å². The molecule has 140 valence electrons. The lowest BCUT2D eigenvalue weighted by atomic mass is 10.3. The molecule has 26 heavy (non-hydrogen) atoms. The number of esters is 4. The topological polar surface area (TPSA) is 136 Å². The summed E-state index contributed by atoms with van der Waals surface area (Å²) in [5.74, 6) is -3.13. The molecular weight excluding hydrogens is 350 g/mol. The number of hydrogen-bond donors (Lipinski definition) is 0. The fourth-order valence-corrected chi connectivity index (χ4v) is 1.50. The lowest BCUT2D eigenvalue weighted by molar-refractivity contribution is -0.153. The van der Waals surface area contributed by atoms with Crippen LogP contribution in [-0.4, -0.2) is 65.8 Å². The normalized spacial score (nSPS) is 11.9. The van der Waals surface area contributed by atoms with Gasteiger partial charge in [-0.3, -0.25) is 0 Å². The molecule has 0 aliphatic carbocycles. The number of aromatic nitrogens is 3. The van der Waals surface area contributed by atoms with E-state index in [1.165, 1.54) is 17.1 Å². The summed E-state index contributed by atoms with van der Waals surface area (Å²) in [6.07, 6.45) is 5.55. The molecule has 0 aliphatic rings. The van der Waals surface area contributed by atoms with Gasteiger partial charge in [-0.05, 0) is 0 Å². The summed E-state index contributed by atoms with van der Waals surface area (Å²) in [5, 5.41) is 7.32. The standard InChI is InChI=1S/C15H17N3O8/c1-23-12(19)3-5-14(21)25-10-11(9-18-8-7-16-17-18)26-15(22)6-4-13(20)24-2/h3-8,11H,9-10H2,1-2H3/b5-3+,6-4+. The molecule has 1 heterocycles. The maximum atomic E-state index is 11.7. The molecule has 0 radical (unpaired) electrons. The first-order valence-corrected chi connectivity index (χ1v) is 7.18. The van der Waals surface area contributed by atoms with Crippen LogP contribution in [0.25, 0.3) is 0 Å². The third-order valence-electron chi connectivity index (χ3n) is 2.67.